The van der Waals surface area contributed by atoms with Gasteiger partial charge in [0.2, 0.25) is 5.91 Å². The lowest BCUT2D eigenvalue weighted by Gasteiger charge is -2.29. The number of ether oxygens (including phenoxy) is 1. The molecule has 4 N–H and O–H groups in total. The van der Waals surface area contributed by atoms with Crippen molar-refractivity contribution in [1.29, 1.82) is 0 Å². The first kappa shape index (κ1) is 39.9. The molecule has 1 saturated carbocycles. The van der Waals surface area contributed by atoms with Crippen molar-refractivity contribution in [2.75, 3.05) is 12.3 Å². The van der Waals surface area contributed by atoms with Crippen LogP contribution in [0.15, 0.2) is 72.8 Å². The summed E-state index contributed by atoms with van der Waals surface area (Å²) in [4.78, 5) is 27.0. The van der Waals surface area contributed by atoms with Gasteiger partial charge in [-0.25, -0.2) is 22.0 Å². The Morgan fingerprint density at radius 3 is 2.12 bits per heavy atom. The van der Waals surface area contributed by atoms with E-state index in [4.69, 9.17) is 4.74 Å². The number of aryl methyl sites for hydroxylation is 1. The Labute approximate surface area is 300 Å². The number of nitrogens with one attached hydrogen (secondary N) is 3. The van der Waals surface area contributed by atoms with E-state index in [0.717, 1.165) is 43.0 Å². The number of rotatable bonds is 20. The molecule has 12 heteroatoms. The Hall–Kier alpha value is -3.87. The van der Waals surface area contributed by atoms with Crippen LogP contribution in [-0.4, -0.2) is 61.3 Å². The molecular formula is C39H51F2N3O6S. The van der Waals surface area contributed by atoms with E-state index in [9.17, 15) is 31.9 Å². The number of hydrogen-bond acceptors (Lipinski definition) is 7. The quantitative estimate of drug-likeness (QED) is 0.114. The first-order valence-corrected chi connectivity index (χ1v) is 19.6. The molecule has 0 aromatic heterocycles. The first-order chi connectivity index (χ1) is 24.4. The van der Waals surface area contributed by atoms with Gasteiger partial charge in [0.15, 0.2) is 9.84 Å². The Morgan fingerprint density at radius 2 is 1.51 bits per heavy atom. The third kappa shape index (κ3) is 11.8. The maximum atomic E-state index is 14.2. The van der Waals surface area contributed by atoms with Gasteiger partial charge in [-0.15, -0.1) is 0 Å². The van der Waals surface area contributed by atoms with E-state index >= 15 is 0 Å². The van der Waals surface area contributed by atoms with Crippen LogP contribution in [0.25, 0.3) is 0 Å². The molecule has 0 radical (unpaired) electrons. The topological polar surface area (TPSA) is 134 Å². The Balaban J connectivity index is 1.57. The molecule has 278 valence electrons. The van der Waals surface area contributed by atoms with Gasteiger partial charge in [-0.2, -0.15) is 0 Å². The van der Waals surface area contributed by atoms with E-state index in [0.29, 0.717) is 31.2 Å². The fourth-order valence-electron chi connectivity index (χ4n) is 6.38. The molecule has 1 aliphatic rings. The summed E-state index contributed by atoms with van der Waals surface area (Å²) in [7, 11) is -3.89. The van der Waals surface area contributed by atoms with Crippen LogP contribution in [0.4, 0.5) is 13.6 Å². The third-order valence-electron chi connectivity index (χ3n) is 9.41. The minimum Gasteiger partial charge on any atom is -0.445 e. The zero-order valence-corrected chi connectivity index (χ0v) is 30.5. The van der Waals surface area contributed by atoms with Gasteiger partial charge in [0.1, 0.15) is 24.3 Å². The third-order valence-corrected chi connectivity index (χ3v) is 11.7. The summed E-state index contributed by atoms with van der Waals surface area (Å²) < 4.78 is 61.1. The highest BCUT2D eigenvalue weighted by atomic mass is 32.2. The van der Waals surface area contributed by atoms with Gasteiger partial charge in [0.25, 0.3) is 0 Å². The summed E-state index contributed by atoms with van der Waals surface area (Å²) in [6.07, 6.45) is 2.13. The zero-order chi connectivity index (χ0) is 37.0. The Bertz CT molecular complexity index is 1680. The molecule has 51 heavy (non-hydrogen) atoms. The fourth-order valence-corrected chi connectivity index (χ4v) is 8.54. The zero-order valence-electron chi connectivity index (χ0n) is 29.7. The molecule has 2 amide bonds. The summed E-state index contributed by atoms with van der Waals surface area (Å²) in [6, 6.07) is 17.3. The van der Waals surface area contributed by atoms with Gasteiger partial charge in [0.05, 0.1) is 23.1 Å². The van der Waals surface area contributed by atoms with Crippen LogP contribution in [0.5, 0.6) is 0 Å². The maximum absolute atomic E-state index is 14.2. The van der Waals surface area contributed by atoms with E-state index in [1.165, 1.54) is 5.56 Å². The number of amides is 2. The van der Waals surface area contributed by atoms with E-state index in [-0.39, 0.29) is 30.7 Å². The molecule has 3 aromatic rings. The standard InChI is InChI=1S/C39H51F2N3O6S/c1-4-11-33(12-5-2)51(48,49)26-35(44-38(47)50-25-28-13-8-7-9-14-28)37(46)43-34(22-29-20-31(40)23-32(41)21-29)36(45)24-42-39(17-18-39)30-16-10-15-27(6-3)19-30/h7-10,13-16,19-21,23,33-36,42,45H,4-6,11-12,17-18,22,24-26H2,1-3H3,(H,43,46)(H,44,47)/t34-,35+,36+/m0/s1. The smallest absolute Gasteiger partial charge is 0.408 e. The fraction of sp³-hybridized carbons (Fsp3) is 0.487. The lowest BCUT2D eigenvalue weighted by molar-refractivity contribution is -0.124. The van der Waals surface area contributed by atoms with E-state index < -0.39 is 62.7 Å². The van der Waals surface area contributed by atoms with Gasteiger partial charge in [-0.05, 0) is 72.9 Å². The average Bonchev–Trinajstić information content (AvgIpc) is 3.90. The SMILES string of the molecule is CCCC(CCC)S(=O)(=O)C[C@@H](NC(=O)OCc1ccccc1)C(=O)N[C@@H](Cc1cc(F)cc(F)c1)[C@H](O)CNC1(c2cccc(CC)c2)CC1. The molecule has 0 saturated heterocycles. The molecule has 9 nitrogen and oxygen atoms in total. The van der Waals surface area contributed by atoms with Crippen LogP contribution in [-0.2, 0) is 44.4 Å². The second kappa shape index (κ2) is 18.6. The van der Waals surface area contributed by atoms with Crippen molar-refractivity contribution in [3.05, 3.63) is 107 Å². The van der Waals surface area contributed by atoms with Crippen molar-refractivity contribution >= 4 is 21.8 Å². The second-order valence-electron chi connectivity index (χ2n) is 13.5. The summed E-state index contributed by atoms with van der Waals surface area (Å²) in [5.41, 5.74) is 2.77. The molecule has 3 aromatic carbocycles. The monoisotopic (exact) mass is 727 g/mol. The molecule has 0 unspecified atom stereocenters. The number of carbonyl (C=O) groups is 2. The molecule has 1 fully saturated rings. The molecule has 0 aliphatic heterocycles. The molecule has 0 spiro atoms. The van der Waals surface area contributed by atoms with E-state index in [1.54, 1.807) is 24.3 Å². The van der Waals surface area contributed by atoms with Crippen molar-refractivity contribution in [3.63, 3.8) is 0 Å². The van der Waals surface area contributed by atoms with Crippen molar-refractivity contribution in [3.8, 4) is 0 Å². The largest absolute Gasteiger partial charge is 0.445 e. The highest BCUT2D eigenvalue weighted by Crippen LogP contribution is 2.45. The predicted molar refractivity (Wildman–Crippen MR) is 194 cm³/mol. The molecule has 0 heterocycles. The first-order valence-electron chi connectivity index (χ1n) is 17.8. The minimum absolute atomic E-state index is 0.0175. The van der Waals surface area contributed by atoms with Gasteiger partial charge in [0, 0.05) is 18.2 Å². The molecule has 1 aliphatic carbocycles. The number of aliphatic hydroxyl groups excluding tert-OH is 1. The average molecular weight is 728 g/mol. The van der Waals surface area contributed by atoms with Crippen LogP contribution in [0.3, 0.4) is 0 Å². The number of benzene rings is 3. The lowest BCUT2D eigenvalue weighted by Crippen LogP contribution is -2.57. The predicted octanol–water partition coefficient (Wildman–Crippen LogP) is 5.87. The van der Waals surface area contributed by atoms with Gasteiger partial charge in [-0.1, -0.05) is 88.2 Å². The normalized spacial score (nSPS) is 15.5. The molecule has 3 atom stereocenters. The number of sulfone groups is 1. The van der Waals surface area contributed by atoms with E-state index in [1.807, 2.05) is 38.1 Å². The number of halogens is 2. The Morgan fingerprint density at radius 1 is 0.863 bits per heavy atom. The minimum atomic E-state index is -3.89. The maximum Gasteiger partial charge on any atom is 0.408 e. The number of alkyl carbamates (subject to hydrolysis) is 1. The van der Waals surface area contributed by atoms with Crippen LogP contribution < -0.4 is 16.0 Å². The van der Waals surface area contributed by atoms with Crippen molar-refractivity contribution in [1.82, 2.24) is 16.0 Å². The van der Waals surface area contributed by atoms with Crippen molar-refractivity contribution in [2.24, 2.45) is 0 Å². The molecular weight excluding hydrogens is 677 g/mol. The summed E-state index contributed by atoms with van der Waals surface area (Å²) >= 11 is 0. The van der Waals surface area contributed by atoms with Gasteiger partial charge in [-0.3, -0.25) is 4.79 Å². The van der Waals surface area contributed by atoms with Gasteiger partial charge < -0.3 is 25.8 Å². The van der Waals surface area contributed by atoms with E-state index in [2.05, 4.69) is 28.9 Å². The second-order valence-corrected chi connectivity index (χ2v) is 15.8. The van der Waals surface area contributed by atoms with Crippen LogP contribution in [0, 0.1) is 11.6 Å². The highest BCUT2D eigenvalue weighted by Gasteiger charge is 2.44. The van der Waals surface area contributed by atoms with Gasteiger partial charge >= 0.3 is 6.09 Å². The highest BCUT2D eigenvalue weighted by molar-refractivity contribution is 7.92. The summed E-state index contributed by atoms with van der Waals surface area (Å²) in [5, 5.41) is 19.4. The van der Waals surface area contributed by atoms with Crippen LogP contribution in [0.2, 0.25) is 0 Å². The molecule has 4 rings (SSSR count). The molecule has 0 bridgehead atoms. The van der Waals surface area contributed by atoms with Crippen LogP contribution >= 0.6 is 0 Å². The van der Waals surface area contributed by atoms with Crippen molar-refractivity contribution < 1.29 is 36.6 Å². The van der Waals surface area contributed by atoms with Crippen molar-refractivity contribution in [2.45, 2.75) is 108 Å². The van der Waals surface area contributed by atoms with Crippen LogP contribution in [0.1, 0.15) is 81.5 Å². The number of hydrogen-bond donors (Lipinski definition) is 4. The Kier molecular flexibility index (Phi) is 14.5. The summed E-state index contributed by atoms with van der Waals surface area (Å²) in [6.45, 7) is 5.74. The number of carbonyl (C=O) groups excluding carboxylic acids is 2. The lowest BCUT2D eigenvalue weighted by atomic mass is 9.98. The summed E-state index contributed by atoms with van der Waals surface area (Å²) in [5.74, 6) is -3.21. The number of aliphatic hydroxyl groups is 1.